The maximum atomic E-state index is 13.8. The topological polar surface area (TPSA) is 58.8 Å². The number of hydrogen-bond acceptors (Lipinski definition) is 5. The van der Waals surface area contributed by atoms with E-state index in [0.717, 1.165) is 0 Å². The molecule has 0 unspecified atom stereocenters. The number of piperidine rings is 1. The molecule has 0 N–H and O–H groups in total. The van der Waals surface area contributed by atoms with Gasteiger partial charge in [0.1, 0.15) is 11.3 Å². The van der Waals surface area contributed by atoms with Crippen LogP contribution in [0.3, 0.4) is 0 Å². The predicted molar refractivity (Wildman–Crippen MR) is 86.8 cm³/mol. The number of carbonyl (C=O) groups excluding carboxylic acids is 1. The highest BCUT2D eigenvalue weighted by molar-refractivity contribution is 5.96. The normalized spacial score (nSPS) is 24.8. The summed E-state index contributed by atoms with van der Waals surface area (Å²) in [7, 11) is 1.54. The van der Waals surface area contributed by atoms with Crippen molar-refractivity contribution in [3.63, 3.8) is 0 Å². The van der Waals surface area contributed by atoms with Gasteiger partial charge in [0, 0.05) is 38.7 Å². The van der Waals surface area contributed by atoms with Gasteiger partial charge in [0.05, 0.1) is 18.8 Å². The largest absolute Gasteiger partial charge is 0.383 e. The minimum absolute atomic E-state index is 0.0576. The molecule has 25 heavy (non-hydrogen) atoms. The van der Waals surface area contributed by atoms with E-state index < -0.39 is 5.92 Å². The van der Waals surface area contributed by atoms with Crippen LogP contribution in [0.2, 0.25) is 0 Å². The van der Waals surface area contributed by atoms with Crippen LogP contribution in [-0.4, -0.2) is 72.2 Å². The molecule has 3 rings (SSSR count). The fourth-order valence-electron chi connectivity index (χ4n) is 4.04. The van der Waals surface area contributed by atoms with Gasteiger partial charge in [0.25, 0.3) is 11.8 Å². The molecule has 2 aliphatic rings. The molecule has 6 nitrogen and oxygen atoms in total. The lowest BCUT2D eigenvalue weighted by atomic mass is 10.0. The number of ether oxygens (including phenoxy) is 1. The molecular weight excluding hydrogens is 332 g/mol. The van der Waals surface area contributed by atoms with Crippen LogP contribution in [0, 0.1) is 13.8 Å². The molecule has 1 amide bonds. The molecule has 1 aromatic heterocycles. The summed E-state index contributed by atoms with van der Waals surface area (Å²) in [5, 5.41) is 3.83. The molecule has 8 heteroatoms. The second kappa shape index (κ2) is 6.99. The van der Waals surface area contributed by atoms with Crippen molar-refractivity contribution in [1.82, 2.24) is 15.0 Å². The third-order valence-corrected chi connectivity index (χ3v) is 5.24. The van der Waals surface area contributed by atoms with Crippen LogP contribution in [0.4, 0.5) is 8.78 Å². The zero-order chi connectivity index (χ0) is 18.2. The molecule has 0 aromatic carbocycles. The van der Waals surface area contributed by atoms with E-state index in [-0.39, 0.29) is 31.0 Å². The van der Waals surface area contributed by atoms with Gasteiger partial charge in [-0.25, -0.2) is 8.78 Å². The van der Waals surface area contributed by atoms with Crippen LogP contribution in [-0.2, 0) is 4.74 Å². The number of halogens is 2. The summed E-state index contributed by atoms with van der Waals surface area (Å²) in [6.45, 7) is 4.67. The molecular formula is C17H25F2N3O3. The van der Waals surface area contributed by atoms with Crippen molar-refractivity contribution in [2.75, 3.05) is 33.4 Å². The van der Waals surface area contributed by atoms with Crippen molar-refractivity contribution in [3.05, 3.63) is 17.0 Å². The van der Waals surface area contributed by atoms with Crippen molar-refractivity contribution >= 4 is 5.91 Å². The molecule has 2 fully saturated rings. The molecule has 0 bridgehead atoms. The van der Waals surface area contributed by atoms with Gasteiger partial charge in [0.15, 0.2) is 0 Å². The van der Waals surface area contributed by atoms with Gasteiger partial charge in [-0.1, -0.05) is 5.16 Å². The fraction of sp³-hybridized carbons (Fsp3) is 0.765. The highest BCUT2D eigenvalue weighted by Crippen LogP contribution is 2.36. The Morgan fingerprint density at radius 1 is 1.36 bits per heavy atom. The second-order valence-corrected chi connectivity index (χ2v) is 7.06. The number of aromatic nitrogens is 1. The number of methoxy groups -OCH3 is 1. The van der Waals surface area contributed by atoms with Gasteiger partial charge < -0.3 is 14.2 Å². The van der Waals surface area contributed by atoms with Crippen LogP contribution >= 0.6 is 0 Å². The quantitative estimate of drug-likeness (QED) is 0.827. The van der Waals surface area contributed by atoms with Crippen molar-refractivity contribution in [2.24, 2.45) is 0 Å². The van der Waals surface area contributed by atoms with E-state index in [4.69, 9.17) is 9.26 Å². The van der Waals surface area contributed by atoms with Gasteiger partial charge in [-0.05, 0) is 26.7 Å². The SMILES string of the molecule is COC[C@@H]1CC(F)(F)CN1C1CCN(C(=O)c2c(C)noc2C)CC1. The third-order valence-electron chi connectivity index (χ3n) is 5.24. The highest BCUT2D eigenvalue weighted by atomic mass is 19.3. The van der Waals surface area contributed by atoms with Gasteiger partial charge >= 0.3 is 0 Å². The summed E-state index contributed by atoms with van der Waals surface area (Å²) in [4.78, 5) is 16.3. The molecule has 2 aliphatic heterocycles. The van der Waals surface area contributed by atoms with E-state index in [1.165, 1.54) is 0 Å². The van der Waals surface area contributed by atoms with E-state index in [2.05, 4.69) is 5.16 Å². The van der Waals surface area contributed by atoms with Crippen LogP contribution in [0.25, 0.3) is 0 Å². The molecule has 0 saturated carbocycles. The highest BCUT2D eigenvalue weighted by Gasteiger charge is 2.47. The number of hydrogen-bond donors (Lipinski definition) is 0. The molecule has 0 spiro atoms. The average Bonchev–Trinajstić information content (AvgIpc) is 3.06. The first-order valence-electron chi connectivity index (χ1n) is 8.67. The Kier molecular flexibility index (Phi) is 5.11. The van der Waals surface area contributed by atoms with Crippen molar-refractivity contribution in [1.29, 1.82) is 0 Å². The lowest BCUT2D eigenvalue weighted by Gasteiger charge is -2.39. The van der Waals surface area contributed by atoms with E-state index in [0.29, 0.717) is 49.6 Å². The summed E-state index contributed by atoms with van der Waals surface area (Å²) < 4.78 is 37.8. The summed E-state index contributed by atoms with van der Waals surface area (Å²) in [6, 6.07) is -0.197. The number of rotatable bonds is 4. The van der Waals surface area contributed by atoms with Crippen molar-refractivity contribution in [2.45, 2.75) is 51.1 Å². The van der Waals surface area contributed by atoms with E-state index >= 15 is 0 Å². The predicted octanol–water partition coefficient (Wildman–Crippen LogP) is 2.25. The maximum Gasteiger partial charge on any atom is 0.262 e. The average molecular weight is 357 g/mol. The number of carbonyl (C=O) groups is 1. The minimum Gasteiger partial charge on any atom is -0.383 e. The molecule has 0 aliphatic carbocycles. The van der Waals surface area contributed by atoms with E-state index in [9.17, 15) is 13.6 Å². The standard InChI is InChI=1S/C17H25F2N3O3/c1-11-15(12(2)25-20-11)16(23)21-6-4-13(5-7-21)22-10-17(18,19)8-14(22)9-24-3/h13-14H,4-10H2,1-3H3/t14-/m0/s1. The van der Waals surface area contributed by atoms with Crippen LogP contribution in [0.1, 0.15) is 41.1 Å². The van der Waals surface area contributed by atoms with Crippen LogP contribution < -0.4 is 0 Å². The lowest BCUT2D eigenvalue weighted by molar-refractivity contribution is 0.00283. The molecule has 1 atom stereocenters. The summed E-state index contributed by atoms with van der Waals surface area (Å²) in [5.74, 6) is -2.23. The van der Waals surface area contributed by atoms with Gasteiger partial charge in [-0.3, -0.25) is 9.69 Å². The molecule has 1 aromatic rings. The number of nitrogens with zero attached hydrogens (tertiary/aromatic N) is 3. The minimum atomic E-state index is -2.66. The Hall–Kier alpha value is -1.54. The van der Waals surface area contributed by atoms with Crippen molar-refractivity contribution in [3.8, 4) is 0 Å². The molecule has 0 radical (unpaired) electrons. The number of aryl methyl sites for hydroxylation is 2. The van der Waals surface area contributed by atoms with E-state index in [1.807, 2.05) is 4.90 Å². The molecule has 3 heterocycles. The van der Waals surface area contributed by atoms with Crippen molar-refractivity contribution < 1.29 is 22.8 Å². The smallest absolute Gasteiger partial charge is 0.262 e. The first-order valence-corrected chi connectivity index (χ1v) is 8.67. The first-order chi connectivity index (χ1) is 11.8. The third kappa shape index (κ3) is 3.69. The van der Waals surface area contributed by atoms with Gasteiger partial charge in [0.2, 0.25) is 0 Å². The van der Waals surface area contributed by atoms with Gasteiger partial charge in [-0.15, -0.1) is 0 Å². The van der Waals surface area contributed by atoms with Gasteiger partial charge in [-0.2, -0.15) is 0 Å². The van der Waals surface area contributed by atoms with Crippen LogP contribution in [0.15, 0.2) is 4.52 Å². The second-order valence-electron chi connectivity index (χ2n) is 7.06. The zero-order valence-electron chi connectivity index (χ0n) is 14.9. The Balaban J connectivity index is 1.63. The lowest BCUT2D eigenvalue weighted by Crippen LogP contribution is -2.49. The number of amides is 1. The number of likely N-dealkylation sites (tertiary alicyclic amines) is 2. The Morgan fingerprint density at radius 3 is 2.60 bits per heavy atom. The maximum absolute atomic E-state index is 13.8. The monoisotopic (exact) mass is 357 g/mol. The Morgan fingerprint density at radius 2 is 2.04 bits per heavy atom. The zero-order valence-corrected chi connectivity index (χ0v) is 14.9. The Bertz CT molecular complexity index is 607. The van der Waals surface area contributed by atoms with Crippen LogP contribution in [0.5, 0.6) is 0 Å². The molecule has 140 valence electrons. The molecule has 2 saturated heterocycles. The summed E-state index contributed by atoms with van der Waals surface area (Å²) >= 11 is 0. The fourth-order valence-corrected chi connectivity index (χ4v) is 4.04. The summed E-state index contributed by atoms with van der Waals surface area (Å²) in [6.07, 6.45) is 1.22. The summed E-state index contributed by atoms with van der Waals surface area (Å²) in [5.41, 5.74) is 1.10. The first kappa shape index (κ1) is 18.3. The number of alkyl halides is 2. The Labute approximate surface area is 146 Å². The van der Waals surface area contributed by atoms with E-state index in [1.54, 1.807) is 25.9 Å².